The smallest absolute Gasteiger partial charge is 0.202 e. The number of hydrogen-bond acceptors (Lipinski definition) is 5. The minimum Gasteiger partial charge on any atom is -0.359 e. The summed E-state index contributed by atoms with van der Waals surface area (Å²) in [5.74, 6) is 0.950. The van der Waals surface area contributed by atoms with Crippen LogP contribution in [-0.2, 0) is 6.42 Å². The van der Waals surface area contributed by atoms with Crippen LogP contribution in [0.15, 0.2) is 0 Å². The summed E-state index contributed by atoms with van der Waals surface area (Å²) in [6.07, 6.45) is 5.78. The van der Waals surface area contributed by atoms with Gasteiger partial charge in [-0.3, -0.25) is 0 Å². The summed E-state index contributed by atoms with van der Waals surface area (Å²) < 4.78 is 4.74. The van der Waals surface area contributed by atoms with Crippen molar-refractivity contribution < 1.29 is 0 Å². The van der Waals surface area contributed by atoms with E-state index < -0.39 is 0 Å². The first-order chi connectivity index (χ1) is 6.78. The Hall–Kier alpha value is -0.290. The van der Waals surface area contributed by atoms with E-state index >= 15 is 0 Å². The van der Waals surface area contributed by atoms with Crippen molar-refractivity contribution in [2.75, 3.05) is 18.1 Å². The molecule has 14 heavy (non-hydrogen) atoms. The molecule has 1 fully saturated rings. The Labute approximate surface area is 92.9 Å². The van der Waals surface area contributed by atoms with E-state index in [1.807, 2.05) is 11.8 Å². The second-order valence-corrected chi connectivity index (χ2v) is 5.64. The van der Waals surface area contributed by atoms with Gasteiger partial charge in [-0.2, -0.15) is 16.1 Å². The SMILES string of the molecule is CCc1nsc(NCC2(SC)CC2)n1. The number of nitrogens with zero attached hydrogens (tertiary/aromatic N) is 2. The van der Waals surface area contributed by atoms with E-state index in [1.54, 1.807) is 0 Å². The minimum absolute atomic E-state index is 0.498. The van der Waals surface area contributed by atoms with E-state index in [1.165, 1.54) is 24.4 Å². The molecular formula is C9H15N3S2. The molecule has 0 aromatic carbocycles. The van der Waals surface area contributed by atoms with Crippen LogP contribution in [0.5, 0.6) is 0 Å². The third-order valence-electron chi connectivity index (χ3n) is 2.59. The highest BCUT2D eigenvalue weighted by atomic mass is 32.2. The van der Waals surface area contributed by atoms with Gasteiger partial charge < -0.3 is 5.32 Å². The Bertz CT molecular complexity index is 307. The topological polar surface area (TPSA) is 37.8 Å². The van der Waals surface area contributed by atoms with Gasteiger partial charge in [-0.25, -0.2) is 4.98 Å². The minimum atomic E-state index is 0.498. The Morgan fingerprint density at radius 3 is 2.86 bits per heavy atom. The quantitative estimate of drug-likeness (QED) is 0.841. The molecule has 2 rings (SSSR count). The highest BCUT2D eigenvalue weighted by molar-refractivity contribution is 8.00. The molecule has 1 N–H and O–H groups in total. The Morgan fingerprint density at radius 1 is 1.57 bits per heavy atom. The zero-order valence-corrected chi connectivity index (χ0v) is 10.2. The highest BCUT2D eigenvalue weighted by Crippen LogP contribution is 2.47. The van der Waals surface area contributed by atoms with Gasteiger partial charge in [0, 0.05) is 29.2 Å². The molecule has 1 heterocycles. The number of anilines is 1. The van der Waals surface area contributed by atoms with E-state index in [9.17, 15) is 0 Å². The van der Waals surface area contributed by atoms with Gasteiger partial charge in [0.25, 0.3) is 0 Å². The van der Waals surface area contributed by atoms with Crippen LogP contribution >= 0.6 is 23.3 Å². The monoisotopic (exact) mass is 229 g/mol. The maximum absolute atomic E-state index is 4.38. The van der Waals surface area contributed by atoms with Crippen molar-refractivity contribution in [2.45, 2.75) is 30.9 Å². The number of nitrogens with one attached hydrogen (secondary N) is 1. The predicted molar refractivity (Wildman–Crippen MR) is 63.3 cm³/mol. The van der Waals surface area contributed by atoms with Gasteiger partial charge in [-0.05, 0) is 19.1 Å². The Morgan fingerprint density at radius 2 is 2.36 bits per heavy atom. The van der Waals surface area contributed by atoms with Gasteiger partial charge in [-0.1, -0.05) is 6.92 Å². The van der Waals surface area contributed by atoms with Crippen molar-refractivity contribution in [1.82, 2.24) is 9.36 Å². The van der Waals surface area contributed by atoms with E-state index in [4.69, 9.17) is 0 Å². The first-order valence-electron chi connectivity index (χ1n) is 4.89. The molecule has 1 aliphatic rings. The first kappa shape index (κ1) is 10.2. The van der Waals surface area contributed by atoms with Crippen molar-refractivity contribution >= 4 is 28.4 Å². The highest BCUT2D eigenvalue weighted by Gasteiger charge is 2.41. The van der Waals surface area contributed by atoms with Crippen LogP contribution < -0.4 is 5.32 Å². The molecule has 1 aromatic rings. The molecule has 1 aliphatic carbocycles. The molecule has 1 aromatic heterocycles. The second-order valence-electron chi connectivity index (χ2n) is 3.61. The van der Waals surface area contributed by atoms with E-state index in [0.717, 1.165) is 23.9 Å². The maximum atomic E-state index is 4.38. The molecule has 1 saturated carbocycles. The van der Waals surface area contributed by atoms with Crippen molar-refractivity contribution in [1.29, 1.82) is 0 Å². The molecule has 0 amide bonds. The number of hydrogen-bond donors (Lipinski definition) is 1. The first-order valence-corrected chi connectivity index (χ1v) is 6.89. The lowest BCUT2D eigenvalue weighted by molar-refractivity contribution is 0.937. The van der Waals surface area contributed by atoms with Crippen LogP contribution in [0.3, 0.4) is 0 Å². The number of thioether (sulfide) groups is 1. The fourth-order valence-corrected chi connectivity index (χ4v) is 2.67. The van der Waals surface area contributed by atoms with Crippen LogP contribution in [0.25, 0.3) is 0 Å². The van der Waals surface area contributed by atoms with Gasteiger partial charge in [0.2, 0.25) is 5.13 Å². The van der Waals surface area contributed by atoms with E-state index in [2.05, 4.69) is 27.9 Å². The molecule has 0 aliphatic heterocycles. The maximum Gasteiger partial charge on any atom is 0.202 e. The molecule has 0 atom stereocenters. The fourth-order valence-electron chi connectivity index (χ4n) is 1.30. The summed E-state index contributed by atoms with van der Waals surface area (Å²) in [6, 6.07) is 0. The van der Waals surface area contributed by atoms with Crippen molar-refractivity contribution in [3.05, 3.63) is 5.82 Å². The lowest BCUT2D eigenvalue weighted by Gasteiger charge is -2.11. The molecule has 0 unspecified atom stereocenters. The molecule has 3 nitrogen and oxygen atoms in total. The third kappa shape index (κ3) is 2.20. The van der Waals surface area contributed by atoms with Crippen molar-refractivity contribution in [3.8, 4) is 0 Å². The largest absolute Gasteiger partial charge is 0.359 e. The number of aromatic nitrogens is 2. The van der Waals surface area contributed by atoms with Crippen LogP contribution in [-0.4, -0.2) is 26.9 Å². The average Bonchev–Trinajstić information content (AvgIpc) is 2.86. The summed E-state index contributed by atoms with van der Waals surface area (Å²) in [5, 5.41) is 4.35. The van der Waals surface area contributed by atoms with Crippen molar-refractivity contribution in [2.24, 2.45) is 0 Å². The summed E-state index contributed by atoms with van der Waals surface area (Å²) in [6.45, 7) is 3.11. The van der Waals surface area contributed by atoms with Gasteiger partial charge in [0.15, 0.2) is 0 Å². The summed E-state index contributed by atoms with van der Waals surface area (Å²) >= 11 is 3.44. The van der Waals surface area contributed by atoms with Crippen LogP contribution in [0.1, 0.15) is 25.6 Å². The number of aryl methyl sites for hydroxylation is 1. The van der Waals surface area contributed by atoms with Crippen LogP contribution in [0.2, 0.25) is 0 Å². The standard InChI is InChI=1S/C9H15N3S2/c1-3-7-11-8(14-12-7)10-6-9(13-2)4-5-9/h3-6H2,1-2H3,(H,10,11,12). The van der Waals surface area contributed by atoms with E-state index in [0.29, 0.717) is 4.75 Å². The normalized spacial score (nSPS) is 18.1. The van der Waals surface area contributed by atoms with E-state index in [-0.39, 0.29) is 0 Å². The Balaban J connectivity index is 1.85. The molecule has 78 valence electrons. The Kier molecular flexibility index (Phi) is 2.97. The lowest BCUT2D eigenvalue weighted by atomic mass is 10.4. The molecule has 0 radical (unpaired) electrons. The van der Waals surface area contributed by atoms with Gasteiger partial charge >= 0.3 is 0 Å². The van der Waals surface area contributed by atoms with Gasteiger partial charge in [0.1, 0.15) is 5.82 Å². The average molecular weight is 229 g/mol. The van der Waals surface area contributed by atoms with Crippen LogP contribution in [0, 0.1) is 0 Å². The van der Waals surface area contributed by atoms with Crippen molar-refractivity contribution in [3.63, 3.8) is 0 Å². The van der Waals surface area contributed by atoms with Gasteiger partial charge in [0.05, 0.1) is 0 Å². The molecule has 0 bridgehead atoms. The summed E-state index contributed by atoms with van der Waals surface area (Å²) in [5.41, 5.74) is 0. The van der Waals surface area contributed by atoms with Gasteiger partial charge in [-0.15, -0.1) is 0 Å². The molecular weight excluding hydrogens is 214 g/mol. The zero-order chi connectivity index (χ0) is 10.0. The van der Waals surface area contributed by atoms with Crippen LogP contribution in [0.4, 0.5) is 5.13 Å². The molecule has 5 heteroatoms. The summed E-state index contributed by atoms with van der Waals surface area (Å²) in [4.78, 5) is 4.38. The fraction of sp³-hybridized carbons (Fsp3) is 0.778. The number of rotatable bonds is 5. The predicted octanol–water partition coefficient (Wildman–Crippen LogP) is 2.41. The zero-order valence-electron chi connectivity index (χ0n) is 8.54. The molecule has 0 saturated heterocycles. The lowest BCUT2D eigenvalue weighted by Crippen LogP contribution is -2.17. The third-order valence-corrected chi connectivity index (χ3v) is 4.72. The molecule has 0 spiro atoms. The summed E-state index contributed by atoms with van der Waals surface area (Å²) in [7, 11) is 0. The second kappa shape index (κ2) is 4.06.